The Labute approximate surface area is 195 Å². The topological polar surface area (TPSA) is 54.4 Å². The van der Waals surface area contributed by atoms with Crippen LogP contribution in [0, 0.1) is 17.3 Å². The Morgan fingerprint density at radius 2 is 1.69 bits per heavy atom. The van der Waals surface area contributed by atoms with Crippen LogP contribution in [0.4, 0.5) is 0 Å². The number of nitrogens with zero attached hydrogens (tertiary/aromatic N) is 2. The van der Waals surface area contributed by atoms with Crippen LogP contribution in [0.3, 0.4) is 0 Å². The third kappa shape index (κ3) is 8.27. The standard InChI is InChI=1S/C26H46N2O4/c1-23(2,3)21-30-22-17-25(29,18-22)19-28-12-9-26(10-13-28)20-27(14-16-32-26)11-7-8-15-31-24(4,5)6/h22,29H,9-21H2,1-6H3. The lowest BCUT2D eigenvalue weighted by molar-refractivity contribution is -0.170. The molecule has 3 rings (SSSR count). The number of hydrogen-bond acceptors (Lipinski definition) is 6. The second kappa shape index (κ2) is 10.3. The molecule has 1 aliphatic carbocycles. The fraction of sp³-hybridized carbons (Fsp3) is 0.923. The molecule has 0 radical (unpaired) electrons. The number of rotatable bonds is 6. The molecule has 0 aromatic carbocycles. The van der Waals surface area contributed by atoms with Crippen molar-refractivity contribution in [1.29, 1.82) is 0 Å². The van der Waals surface area contributed by atoms with Gasteiger partial charge in [-0.05, 0) is 39.0 Å². The van der Waals surface area contributed by atoms with Crippen molar-refractivity contribution in [2.75, 3.05) is 59.1 Å². The van der Waals surface area contributed by atoms with Crippen molar-refractivity contribution in [2.45, 2.75) is 90.1 Å². The smallest absolute Gasteiger partial charge is 0.108 e. The van der Waals surface area contributed by atoms with Crippen molar-refractivity contribution >= 4 is 0 Å². The molecule has 0 aromatic heterocycles. The highest BCUT2D eigenvalue weighted by Crippen LogP contribution is 2.38. The molecule has 1 N–H and O–H groups in total. The highest BCUT2D eigenvalue weighted by Gasteiger charge is 2.46. The van der Waals surface area contributed by atoms with Gasteiger partial charge in [0.15, 0.2) is 0 Å². The van der Waals surface area contributed by atoms with E-state index in [1.165, 1.54) is 0 Å². The van der Waals surface area contributed by atoms with E-state index in [9.17, 15) is 5.11 Å². The second-order valence-electron chi connectivity index (χ2n) is 12.4. The Bertz CT molecular complexity index is 656. The van der Waals surface area contributed by atoms with Crippen LogP contribution < -0.4 is 0 Å². The van der Waals surface area contributed by atoms with Crippen molar-refractivity contribution in [3.05, 3.63) is 0 Å². The van der Waals surface area contributed by atoms with Gasteiger partial charge >= 0.3 is 0 Å². The molecule has 0 atom stereocenters. The van der Waals surface area contributed by atoms with Crippen LogP contribution in [0.2, 0.25) is 0 Å². The lowest BCUT2D eigenvalue weighted by Crippen LogP contribution is -2.60. The molecule has 3 fully saturated rings. The van der Waals surface area contributed by atoms with E-state index in [0.717, 1.165) is 78.2 Å². The molecular formula is C26H46N2O4. The Morgan fingerprint density at radius 3 is 2.31 bits per heavy atom. The van der Waals surface area contributed by atoms with Crippen LogP contribution in [0.5, 0.6) is 0 Å². The molecule has 3 aliphatic rings. The zero-order chi connectivity index (χ0) is 23.5. The minimum absolute atomic E-state index is 0.0566. The number of aliphatic hydroxyl groups is 1. The Hall–Kier alpha value is -0.680. The van der Waals surface area contributed by atoms with Gasteiger partial charge in [-0.3, -0.25) is 4.90 Å². The zero-order valence-corrected chi connectivity index (χ0v) is 21.3. The quantitative estimate of drug-likeness (QED) is 0.628. The SMILES string of the molecule is CC(C)(C)COC1CC(O)(CN2CCC3(CC2)CN(CC#CCOC(C)(C)C)CCO3)C1. The molecule has 32 heavy (non-hydrogen) atoms. The van der Waals surface area contributed by atoms with Gasteiger partial charge in [0.1, 0.15) is 6.61 Å². The van der Waals surface area contributed by atoms with Crippen molar-refractivity contribution < 1.29 is 19.3 Å². The third-order valence-electron chi connectivity index (χ3n) is 6.59. The Balaban J connectivity index is 1.37. The zero-order valence-electron chi connectivity index (χ0n) is 21.3. The lowest BCUT2D eigenvalue weighted by atomic mass is 9.76. The van der Waals surface area contributed by atoms with Gasteiger partial charge in [-0.25, -0.2) is 0 Å². The molecule has 1 spiro atoms. The first kappa shape index (κ1) is 25.9. The summed E-state index contributed by atoms with van der Waals surface area (Å²) in [4.78, 5) is 4.83. The lowest BCUT2D eigenvalue weighted by Gasteiger charge is -2.50. The van der Waals surface area contributed by atoms with Gasteiger partial charge in [-0.15, -0.1) is 0 Å². The Morgan fingerprint density at radius 1 is 1.00 bits per heavy atom. The molecule has 6 heteroatoms. The summed E-state index contributed by atoms with van der Waals surface area (Å²) in [6.07, 6.45) is 3.76. The van der Waals surface area contributed by atoms with Crippen molar-refractivity contribution in [1.82, 2.24) is 9.80 Å². The summed E-state index contributed by atoms with van der Waals surface area (Å²) in [7, 11) is 0. The summed E-state index contributed by atoms with van der Waals surface area (Å²) >= 11 is 0. The summed E-state index contributed by atoms with van der Waals surface area (Å²) in [5.74, 6) is 6.41. The maximum absolute atomic E-state index is 10.9. The minimum Gasteiger partial charge on any atom is -0.388 e. The summed E-state index contributed by atoms with van der Waals surface area (Å²) < 4.78 is 17.9. The maximum Gasteiger partial charge on any atom is 0.108 e. The average molecular weight is 451 g/mol. The highest BCUT2D eigenvalue weighted by molar-refractivity contribution is 5.04. The van der Waals surface area contributed by atoms with Crippen LogP contribution in [0.15, 0.2) is 0 Å². The second-order valence-corrected chi connectivity index (χ2v) is 12.4. The average Bonchev–Trinajstić information content (AvgIpc) is 2.65. The number of likely N-dealkylation sites (tertiary alicyclic amines) is 1. The maximum atomic E-state index is 10.9. The van der Waals surface area contributed by atoms with Crippen LogP contribution in [-0.4, -0.2) is 96.9 Å². The first-order valence-corrected chi connectivity index (χ1v) is 12.4. The number of piperidine rings is 1. The van der Waals surface area contributed by atoms with Gasteiger partial charge in [-0.1, -0.05) is 32.6 Å². The summed E-state index contributed by atoms with van der Waals surface area (Å²) in [6, 6.07) is 0. The van der Waals surface area contributed by atoms with Gasteiger partial charge in [-0.2, -0.15) is 0 Å². The van der Waals surface area contributed by atoms with Gasteiger partial charge in [0, 0.05) is 45.6 Å². The van der Waals surface area contributed by atoms with Crippen molar-refractivity contribution in [3.8, 4) is 11.8 Å². The molecule has 0 amide bonds. The molecule has 0 bridgehead atoms. The third-order valence-corrected chi connectivity index (χ3v) is 6.59. The van der Waals surface area contributed by atoms with E-state index in [2.05, 4.69) is 63.2 Å². The summed E-state index contributed by atoms with van der Waals surface area (Å²) in [5.41, 5.74) is -0.608. The van der Waals surface area contributed by atoms with E-state index in [0.29, 0.717) is 6.61 Å². The normalized spacial score (nSPS) is 29.4. The van der Waals surface area contributed by atoms with Crippen LogP contribution in [0.1, 0.15) is 67.2 Å². The first-order valence-electron chi connectivity index (χ1n) is 12.4. The van der Waals surface area contributed by atoms with E-state index in [-0.39, 0.29) is 22.7 Å². The largest absolute Gasteiger partial charge is 0.388 e. The van der Waals surface area contributed by atoms with Crippen LogP contribution >= 0.6 is 0 Å². The van der Waals surface area contributed by atoms with E-state index in [4.69, 9.17) is 14.2 Å². The molecular weight excluding hydrogens is 404 g/mol. The molecule has 2 heterocycles. The van der Waals surface area contributed by atoms with Gasteiger partial charge in [0.2, 0.25) is 0 Å². The van der Waals surface area contributed by atoms with Crippen LogP contribution in [0.25, 0.3) is 0 Å². The van der Waals surface area contributed by atoms with Gasteiger partial charge < -0.3 is 24.2 Å². The summed E-state index contributed by atoms with van der Waals surface area (Å²) in [5, 5.41) is 10.9. The van der Waals surface area contributed by atoms with Gasteiger partial charge in [0.25, 0.3) is 0 Å². The first-order chi connectivity index (χ1) is 14.9. The molecule has 6 nitrogen and oxygen atoms in total. The monoisotopic (exact) mass is 450 g/mol. The number of ether oxygens (including phenoxy) is 3. The number of β-amino-alcohol motifs (C(OH)–C–C–N with tert-alkyl or cyclic N) is 1. The number of morpholine rings is 1. The number of hydrogen-bond donors (Lipinski definition) is 1. The molecule has 1 saturated carbocycles. The van der Waals surface area contributed by atoms with Crippen molar-refractivity contribution in [3.63, 3.8) is 0 Å². The van der Waals surface area contributed by atoms with E-state index < -0.39 is 5.60 Å². The van der Waals surface area contributed by atoms with E-state index in [1.54, 1.807) is 0 Å². The molecule has 0 unspecified atom stereocenters. The minimum atomic E-state index is -0.586. The predicted octanol–water partition coefficient (Wildman–Crippen LogP) is 2.93. The molecule has 2 aliphatic heterocycles. The van der Waals surface area contributed by atoms with Crippen LogP contribution in [-0.2, 0) is 14.2 Å². The Kier molecular flexibility index (Phi) is 8.34. The molecule has 184 valence electrons. The molecule has 2 saturated heterocycles. The van der Waals surface area contributed by atoms with Gasteiger partial charge in [0.05, 0.1) is 42.7 Å². The predicted molar refractivity (Wildman–Crippen MR) is 128 cm³/mol. The molecule has 0 aromatic rings. The fourth-order valence-corrected chi connectivity index (χ4v) is 4.77. The fourth-order valence-electron chi connectivity index (χ4n) is 4.77. The summed E-state index contributed by atoms with van der Waals surface area (Å²) in [6.45, 7) is 20.1. The van der Waals surface area contributed by atoms with Crippen molar-refractivity contribution in [2.24, 2.45) is 5.41 Å². The van der Waals surface area contributed by atoms with E-state index in [1.807, 2.05) is 0 Å². The highest BCUT2D eigenvalue weighted by atomic mass is 16.5. The van der Waals surface area contributed by atoms with E-state index >= 15 is 0 Å².